The van der Waals surface area contributed by atoms with Crippen molar-refractivity contribution in [2.24, 2.45) is 11.8 Å². The van der Waals surface area contributed by atoms with E-state index in [0.717, 1.165) is 63.0 Å². The van der Waals surface area contributed by atoms with Crippen molar-refractivity contribution < 1.29 is 48.0 Å². The summed E-state index contributed by atoms with van der Waals surface area (Å²) in [6, 6.07) is 8.31. The third kappa shape index (κ3) is 14.6. The second-order valence-corrected chi connectivity index (χ2v) is 20.9. The molecule has 0 bridgehead atoms. The molecule has 2 atom stereocenters. The van der Waals surface area contributed by atoms with E-state index < -0.39 is 35.7 Å². The number of likely N-dealkylation sites (tertiary alicyclic amines) is 2. The molecule has 5 aliphatic rings. The summed E-state index contributed by atoms with van der Waals surface area (Å²) in [7, 11) is 2.89. The fourth-order valence-electron chi connectivity index (χ4n) is 9.20. The average molecular weight is 1020 g/mol. The first-order valence-electron chi connectivity index (χ1n) is 25.4. The minimum absolute atomic E-state index is 0.0185. The van der Waals surface area contributed by atoms with Gasteiger partial charge in [-0.15, -0.1) is 0 Å². The number of methoxy groups -OCH3 is 2. The molecule has 4 fully saturated rings. The van der Waals surface area contributed by atoms with E-state index in [-0.39, 0.29) is 55.2 Å². The molecule has 22 nitrogen and oxygen atoms in total. The topological polar surface area (TPSA) is 246 Å². The lowest BCUT2D eigenvalue weighted by molar-refractivity contribution is -0.133. The number of nitrogens with one attached hydrogen (secondary N) is 3. The number of amides is 4. The van der Waals surface area contributed by atoms with Crippen LogP contribution in [0.4, 0.5) is 28.3 Å². The van der Waals surface area contributed by atoms with Crippen molar-refractivity contribution in [3.05, 3.63) is 52.8 Å². The van der Waals surface area contributed by atoms with Gasteiger partial charge in [-0.2, -0.15) is 9.97 Å². The van der Waals surface area contributed by atoms with E-state index in [1.165, 1.54) is 12.0 Å². The second kappa shape index (κ2) is 24.0. The standard InChI is InChI=1S/C34H49N7O7.C17H25N5O3/c1-21-9-11-39(12-10-21)32-37-27(15-30(38-32)36-25-18-40(19-25)22(2)42)31(44)35-16-29(43)28-14-23-7-8-26(47-20-46-6)13-24(23)17-41(28)33(45)48-34(3,4)5;1-11-4-6-21(7-5-11)17-19-14(16(24)25-3)8-15(20-17)18-13-9-22(10-13)12(2)23/h7-8,13,15,21,25,28-29,43H,9-12,14,16-20H2,1-6H3,(H,35,44)(H,36,37,38);8,11,13H,4-7,9-10H2,1-3H3,(H,18,19,20)/t28-,29+;/m0./s1. The number of aliphatic hydroxyl groups is 1. The predicted molar refractivity (Wildman–Crippen MR) is 273 cm³/mol. The zero-order valence-electron chi connectivity index (χ0n) is 43.8. The molecule has 0 radical (unpaired) electrons. The number of esters is 1. The van der Waals surface area contributed by atoms with Gasteiger partial charge >= 0.3 is 12.1 Å². The van der Waals surface area contributed by atoms with Crippen LogP contribution in [0.1, 0.15) is 106 Å². The summed E-state index contributed by atoms with van der Waals surface area (Å²) in [6.07, 6.45) is 2.88. The first-order valence-corrected chi connectivity index (χ1v) is 25.4. The van der Waals surface area contributed by atoms with E-state index in [4.69, 9.17) is 23.9 Å². The lowest BCUT2D eigenvalue weighted by Crippen LogP contribution is -2.56. The number of fused-ring (bicyclic) bond motifs is 1. The Kier molecular flexibility index (Phi) is 17.8. The highest BCUT2D eigenvalue weighted by Gasteiger charge is 2.38. The molecule has 2 aromatic heterocycles. The molecule has 398 valence electrons. The first kappa shape index (κ1) is 54.2. The summed E-state index contributed by atoms with van der Waals surface area (Å²) < 4.78 is 21.1. The molecule has 0 unspecified atom stereocenters. The van der Waals surface area contributed by atoms with Crippen LogP contribution in [-0.4, -0.2) is 179 Å². The van der Waals surface area contributed by atoms with E-state index >= 15 is 0 Å². The zero-order valence-corrected chi connectivity index (χ0v) is 43.8. The molecule has 5 aliphatic heterocycles. The van der Waals surface area contributed by atoms with Crippen molar-refractivity contribution >= 4 is 53.3 Å². The Balaban J connectivity index is 0.000000261. The largest absolute Gasteiger partial charge is 0.468 e. The SMILES string of the molecule is COC(=O)c1cc(NC2CN(C(C)=O)C2)nc(N2CCC(C)CC2)n1.COCOc1ccc2c(c1)CN(C(=O)OC(C)(C)C)[C@H]([C@H](O)CNC(=O)c1cc(NC3CN(C(C)=O)C3)nc(N3CCC(C)CC3)n1)C2. The maximum atomic E-state index is 13.6. The molecule has 22 heteroatoms. The minimum atomic E-state index is -1.10. The Labute approximate surface area is 427 Å². The van der Waals surface area contributed by atoms with Gasteiger partial charge in [0.15, 0.2) is 12.5 Å². The summed E-state index contributed by atoms with van der Waals surface area (Å²) in [4.78, 5) is 89.4. The van der Waals surface area contributed by atoms with Gasteiger partial charge in [0.2, 0.25) is 23.7 Å². The van der Waals surface area contributed by atoms with Gasteiger partial charge in [0.05, 0.1) is 31.3 Å². The highest BCUT2D eigenvalue weighted by Crippen LogP contribution is 2.31. The van der Waals surface area contributed by atoms with Crippen LogP contribution in [-0.2, 0) is 36.8 Å². The molecule has 3 aromatic rings. The number of rotatable bonds is 14. The van der Waals surface area contributed by atoms with Crippen molar-refractivity contribution in [2.45, 2.75) is 117 Å². The monoisotopic (exact) mass is 1010 g/mol. The van der Waals surface area contributed by atoms with Gasteiger partial charge in [-0.25, -0.2) is 19.6 Å². The van der Waals surface area contributed by atoms with Crippen molar-refractivity contribution in [1.29, 1.82) is 0 Å². The van der Waals surface area contributed by atoms with Gasteiger partial charge in [0, 0.05) is 98.5 Å². The third-order valence-electron chi connectivity index (χ3n) is 13.8. The Hall–Kier alpha value is -6.55. The number of aromatic nitrogens is 4. The third-order valence-corrected chi connectivity index (χ3v) is 13.8. The smallest absolute Gasteiger partial charge is 0.410 e. The summed E-state index contributed by atoms with van der Waals surface area (Å²) in [5.41, 5.74) is 1.51. The molecular formula is C51H74N12O10. The van der Waals surface area contributed by atoms with E-state index in [1.807, 2.05) is 18.2 Å². The zero-order chi connectivity index (χ0) is 52.6. The van der Waals surface area contributed by atoms with Crippen molar-refractivity contribution in [3.8, 4) is 5.75 Å². The summed E-state index contributed by atoms with van der Waals surface area (Å²) >= 11 is 0. The Bertz CT molecular complexity index is 2430. The van der Waals surface area contributed by atoms with Crippen LogP contribution < -0.4 is 30.5 Å². The number of piperidine rings is 2. The number of hydrogen-bond donors (Lipinski definition) is 4. The maximum Gasteiger partial charge on any atom is 0.410 e. The van der Waals surface area contributed by atoms with Crippen LogP contribution in [0.25, 0.3) is 0 Å². The number of anilines is 4. The van der Waals surface area contributed by atoms with Crippen molar-refractivity contribution in [2.75, 3.05) is 100 Å². The number of benzene rings is 1. The molecule has 73 heavy (non-hydrogen) atoms. The lowest BCUT2D eigenvalue weighted by atomic mass is 9.91. The van der Waals surface area contributed by atoms with Crippen molar-refractivity contribution in [3.63, 3.8) is 0 Å². The van der Waals surface area contributed by atoms with E-state index in [9.17, 15) is 29.1 Å². The summed E-state index contributed by atoms with van der Waals surface area (Å²) in [5.74, 6) is 3.18. The van der Waals surface area contributed by atoms with Crippen LogP contribution in [0, 0.1) is 11.8 Å². The van der Waals surface area contributed by atoms with Crippen LogP contribution in [0.2, 0.25) is 0 Å². The summed E-state index contributed by atoms with van der Waals surface area (Å²) in [6.45, 7) is 18.9. The Morgan fingerprint density at radius 2 is 1.26 bits per heavy atom. The number of hydrogen-bond acceptors (Lipinski definition) is 18. The highest BCUT2D eigenvalue weighted by atomic mass is 16.7. The van der Waals surface area contributed by atoms with E-state index in [2.05, 4.69) is 54.5 Å². The Morgan fingerprint density at radius 3 is 1.75 bits per heavy atom. The quantitative estimate of drug-likeness (QED) is 0.132. The van der Waals surface area contributed by atoms with Gasteiger partial charge in [0.1, 0.15) is 28.7 Å². The fourth-order valence-corrected chi connectivity index (χ4v) is 9.20. The number of nitrogens with zero attached hydrogens (tertiary/aromatic N) is 9. The molecule has 0 saturated carbocycles. The minimum Gasteiger partial charge on any atom is -0.468 e. The van der Waals surface area contributed by atoms with Gasteiger partial charge in [0.25, 0.3) is 5.91 Å². The van der Waals surface area contributed by atoms with Gasteiger partial charge < -0.3 is 59.6 Å². The first-order chi connectivity index (χ1) is 34.7. The van der Waals surface area contributed by atoms with Crippen LogP contribution in [0.5, 0.6) is 5.75 Å². The second-order valence-electron chi connectivity index (χ2n) is 20.9. The summed E-state index contributed by atoms with van der Waals surface area (Å²) in [5, 5.41) is 20.9. The van der Waals surface area contributed by atoms with Gasteiger partial charge in [-0.1, -0.05) is 19.9 Å². The van der Waals surface area contributed by atoms with E-state index in [1.54, 1.807) is 63.7 Å². The highest BCUT2D eigenvalue weighted by molar-refractivity contribution is 5.93. The van der Waals surface area contributed by atoms with E-state index in [0.29, 0.717) is 73.7 Å². The predicted octanol–water partition coefficient (Wildman–Crippen LogP) is 3.93. The molecule has 0 aliphatic carbocycles. The fraction of sp³-hybridized carbons (Fsp3) is 0.627. The van der Waals surface area contributed by atoms with Crippen molar-refractivity contribution in [1.82, 2.24) is 40.0 Å². The van der Waals surface area contributed by atoms with Crippen LogP contribution >= 0.6 is 0 Å². The molecule has 4 amide bonds. The van der Waals surface area contributed by atoms with Crippen LogP contribution in [0.15, 0.2) is 30.3 Å². The molecule has 4 N–H and O–H groups in total. The molecule has 4 saturated heterocycles. The number of carbonyl (C=O) groups excluding carboxylic acids is 5. The molecule has 7 heterocycles. The molecule has 0 spiro atoms. The van der Waals surface area contributed by atoms with Gasteiger partial charge in [-0.3, -0.25) is 19.3 Å². The number of carbonyl (C=O) groups is 5. The van der Waals surface area contributed by atoms with Gasteiger partial charge in [-0.05, 0) is 88.0 Å². The lowest BCUT2D eigenvalue weighted by Gasteiger charge is -2.40. The molecule has 8 rings (SSSR count). The number of ether oxygens (including phenoxy) is 4. The molecule has 1 aromatic carbocycles. The normalized spacial score (nSPS) is 19.0. The Morgan fingerprint density at radius 1 is 0.740 bits per heavy atom. The molecular weight excluding hydrogens is 941 g/mol. The maximum absolute atomic E-state index is 13.6. The number of aliphatic hydroxyl groups excluding tert-OH is 1. The van der Waals surface area contributed by atoms with Crippen LogP contribution in [0.3, 0.4) is 0 Å². The average Bonchev–Trinajstić information content (AvgIpc) is 3.33.